The first-order chi connectivity index (χ1) is 12.6. The smallest absolute Gasteiger partial charge is 0.234 e. The molecule has 3 heterocycles. The van der Waals surface area contributed by atoms with Gasteiger partial charge in [0, 0.05) is 35.3 Å². The standard InChI is InChI=1S/C20H25ClFN3OS/c1-19(2)8-11(9-20(3,4)24-19)25(5)18-23-17-16(27-18)12-6-7-14(21)15(22)13(12)10-26-17/h6-7,11,24H,8-10H2,1-5H3. The first kappa shape index (κ1) is 19.0. The lowest BCUT2D eigenvalue weighted by atomic mass is 9.79. The van der Waals surface area contributed by atoms with Crippen molar-refractivity contribution in [3.05, 3.63) is 28.5 Å². The highest BCUT2D eigenvalue weighted by Gasteiger charge is 2.40. The van der Waals surface area contributed by atoms with Crippen molar-refractivity contribution in [3.8, 4) is 16.3 Å². The summed E-state index contributed by atoms with van der Waals surface area (Å²) in [7, 11) is 2.09. The molecule has 0 unspecified atom stereocenters. The Hall–Kier alpha value is -1.37. The Morgan fingerprint density at radius 2 is 1.93 bits per heavy atom. The van der Waals surface area contributed by atoms with Crippen LogP contribution in [-0.4, -0.2) is 29.2 Å². The molecule has 0 saturated carbocycles. The largest absolute Gasteiger partial charge is 0.472 e. The van der Waals surface area contributed by atoms with E-state index in [1.165, 1.54) is 0 Å². The Balaban J connectivity index is 1.67. The normalized spacial score (nSPS) is 20.6. The third-order valence-corrected chi connectivity index (χ3v) is 6.85. The molecule has 0 atom stereocenters. The van der Waals surface area contributed by atoms with Gasteiger partial charge in [-0.3, -0.25) is 0 Å². The summed E-state index contributed by atoms with van der Waals surface area (Å²) in [5.74, 6) is 0.188. The minimum Gasteiger partial charge on any atom is -0.472 e. The third kappa shape index (κ3) is 3.43. The number of anilines is 1. The van der Waals surface area contributed by atoms with Crippen LogP contribution in [0.1, 0.15) is 46.1 Å². The number of benzene rings is 1. The number of piperidine rings is 1. The van der Waals surface area contributed by atoms with Crippen molar-refractivity contribution in [3.63, 3.8) is 0 Å². The van der Waals surface area contributed by atoms with Crippen LogP contribution < -0.4 is 15.0 Å². The molecule has 0 amide bonds. The Morgan fingerprint density at radius 3 is 2.59 bits per heavy atom. The predicted octanol–water partition coefficient (Wildman–Crippen LogP) is 5.24. The number of halogens is 2. The van der Waals surface area contributed by atoms with E-state index >= 15 is 0 Å². The van der Waals surface area contributed by atoms with E-state index in [4.69, 9.17) is 21.3 Å². The molecule has 1 aromatic heterocycles. The number of hydrogen-bond donors (Lipinski definition) is 1. The minimum absolute atomic E-state index is 0.0561. The number of ether oxygens (including phenoxy) is 1. The number of rotatable bonds is 2. The number of nitrogens with one attached hydrogen (secondary N) is 1. The lowest BCUT2D eigenvalue weighted by Crippen LogP contribution is -2.61. The topological polar surface area (TPSA) is 37.4 Å². The van der Waals surface area contributed by atoms with Gasteiger partial charge in [0.2, 0.25) is 5.88 Å². The second-order valence-electron chi connectivity index (χ2n) is 8.87. The van der Waals surface area contributed by atoms with Crippen LogP contribution in [0.2, 0.25) is 5.02 Å². The van der Waals surface area contributed by atoms with Gasteiger partial charge in [-0.1, -0.05) is 29.0 Å². The van der Waals surface area contributed by atoms with E-state index in [1.54, 1.807) is 17.4 Å². The fraction of sp³-hybridized carbons (Fsp3) is 0.550. The van der Waals surface area contributed by atoms with Gasteiger partial charge in [-0.2, -0.15) is 4.98 Å². The second-order valence-corrected chi connectivity index (χ2v) is 10.3. The maximum absolute atomic E-state index is 14.4. The quantitative estimate of drug-likeness (QED) is 0.735. The van der Waals surface area contributed by atoms with Gasteiger partial charge in [0.05, 0.1) is 5.02 Å². The number of hydrogen-bond acceptors (Lipinski definition) is 5. The zero-order valence-electron chi connectivity index (χ0n) is 16.3. The molecule has 1 N–H and O–H groups in total. The van der Waals surface area contributed by atoms with Gasteiger partial charge in [-0.15, -0.1) is 0 Å². The average molecular weight is 410 g/mol. The molecular weight excluding hydrogens is 385 g/mol. The summed E-state index contributed by atoms with van der Waals surface area (Å²) in [5, 5.41) is 4.75. The molecule has 146 valence electrons. The molecule has 0 aliphatic carbocycles. The Bertz CT molecular complexity index is 880. The zero-order valence-corrected chi connectivity index (χ0v) is 17.9. The molecule has 7 heteroatoms. The third-order valence-electron chi connectivity index (χ3n) is 5.40. The molecule has 27 heavy (non-hydrogen) atoms. The van der Waals surface area contributed by atoms with Gasteiger partial charge in [0.25, 0.3) is 0 Å². The van der Waals surface area contributed by atoms with Crippen LogP contribution in [0.3, 0.4) is 0 Å². The maximum atomic E-state index is 14.4. The minimum atomic E-state index is -0.398. The van der Waals surface area contributed by atoms with E-state index in [-0.39, 0.29) is 22.7 Å². The summed E-state index contributed by atoms with van der Waals surface area (Å²) in [5.41, 5.74) is 1.46. The van der Waals surface area contributed by atoms with E-state index < -0.39 is 5.82 Å². The van der Waals surface area contributed by atoms with Crippen molar-refractivity contribution in [1.82, 2.24) is 10.3 Å². The molecule has 1 saturated heterocycles. The van der Waals surface area contributed by atoms with E-state index in [2.05, 4.69) is 45.0 Å². The van der Waals surface area contributed by atoms with Crippen LogP contribution in [0.4, 0.5) is 9.52 Å². The number of aromatic nitrogens is 1. The number of fused-ring (bicyclic) bond motifs is 3. The fourth-order valence-electron chi connectivity index (χ4n) is 4.50. The van der Waals surface area contributed by atoms with Gasteiger partial charge in [-0.25, -0.2) is 4.39 Å². The molecule has 0 radical (unpaired) electrons. The van der Waals surface area contributed by atoms with Crippen LogP contribution in [0, 0.1) is 5.82 Å². The lowest BCUT2D eigenvalue weighted by Gasteiger charge is -2.48. The van der Waals surface area contributed by atoms with Gasteiger partial charge < -0.3 is 15.0 Å². The lowest BCUT2D eigenvalue weighted by molar-refractivity contribution is 0.161. The van der Waals surface area contributed by atoms with E-state index in [0.717, 1.165) is 28.4 Å². The van der Waals surface area contributed by atoms with Crippen molar-refractivity contribution in [2.45, 2.75) is 64.3 Å². The first-order valence-corrected chi connectivity index (χ1v) is 10.4. The Labute approximate surface area is 168 Å². The molecular formula is C20H25ClFN3OS. The van der Waals surface area contributed by atoms with E-state index in [0.29, 0.717) is 17.5 Å². The van der Waals surface area contributed by atoms with Crippen LogP contribution in [0.5, 0.6) is 5.88 Å². The average Bonchev–Trinajstić information content (AvgIpc) is 2.99. The van der Waals surface area contributed by atoms with Gasteiger partial charge in [-0.05, 0) is 46.6 Å². The van der Waals surface area contributed by atoms with Crippen LogP contribution in [-0.2, 0) is 6.61 Å². The van der Waals surface area contributed by atoms with Crippen molar-refractivity contribution >= 4 is 28.1 Å². The Kier molecular flexibility index (Phi) is 4.44. The monoisotopic (exact) mass is 409 g/mol. The summed E-state index contributed by atoms with van der Waals surface area (Å²) in [6.07, 6.45) is 2.05. The SMILES string of the molecule is CN(c1nc2c(s1)-c1ccc(Cl)c(F)c1CO2)C1CC(C)(C)NC(C)(C)C1. The maximum Gasteiger partial charge on any atom is 0.234 e. The van der Waals surface area contributed by atoms with Crippen LogP contribution in [0.25, 0.3) is 10.4 Å². The number of nitrogens with zero attached hydrogens (tertiary/aromatic N) is 2. The molecule has 4 nitrogen and oxygen atoms in total. The van der Waals surface area contributed by atoms with Crippen molar-refractivity contribution < 1.29 is 9.13 Å². The molecule has 0 bridgehead atoms. The predicted molar refractivity (Wildman–Crippen MR) is 110 cm³/mol. The molecule has 2 aliphatic rings. The van der Waals surface area contributed by atoms with Gasteiger partial charge in [0.15, 0.2) is 5.13 Å². The van der Waals surface area contributed by atoms with Crippen molar-refractivity contribution in [2.24, 2.45) is 0 Å². The Morgan fingerprint density at radius 1 is 1.26 bits per heavy atom. The molecule has 4 rings (SSSR count). The summed E-state index contributed by atoms with van der Waals surface area (Å²) < 4.78 is 20.1. The van der Waals surface area contributed by atoms with E-state index in [9.17, 15) is 4.39 Å². The summed E-state index contributed by atoms with van der Waals surface area (Å²) in [6, 6.07) is 3.83. The molecule has 1 fully saturated rings. The second kappa shape index (κ2) is 6.33. The first-order valence-electron chi connectivity index (χ1n) is 9.19. The van der Waals surface area contributed by atoms with Crippen molar-refractivity contribution in [1.29, 1.82) is 0 Å². The highest BCUT2D eigenvalue weighted by molar-refractivity contribution is 7.19. The molecule has 2 aromatic rings. The fourth-order valence-corrected chi connectivity index (χ4v) is 5.77. The molecule has 1 aromatic carbocycles. The van der Waals surface area contributed by atoms with Crippen molar-refractivity contribution in [2.75, 3.05) is 11.9 Å². The summed E-state index contributed by atoms with van der Waals surface area (Å²) in [6.45, 7) is 9.14. The van der Waals surface area contributed by atoms with Crippen LogP contribution >= 0.6 is 22.9 Å². The van der Waals surface area contributed by atoms with Gasteiger partial charge >= 0.3 is 0 Å². The van der Waals surface area contributed by atoms with Gasteiger partial charge in [0.1, 0.15) is 17.3 Å². The summed E-state index contributed by atoms with van der Waals surface area (Å²) >= 11 is 7.48. The van der Waals surface area contributed by atoms with E-state index in [1.807, 2.05) is 6.07 Å². The highest BCUT2D eigenvalue weighted by Crippen LogP contribution is 2.46. The number of thiazole rings is 1. The van der Waals surface area contributed by atoms with Crippen LogP contribution in [0.15, 0.2) is 12.1 Å². The molecule has 0 spiro atoms. The molecule has 2 aliphatic heterocycles. The zero-order chi connectivity index (χ0) is 19.6. The summed E-state index contributed by atoms with van der Waals surface area (Å²) in [4.78, 5) is 7.85. The highest BCUT2D eigenvalue weighted by atomic mass is 35.5.